The number of benzene rings is 1. The third kappa shape index (κ3) is 3.83. The van der Waals surface area contributed by atoms with Crippen LogP contribution in [0.2, 0.25) is 0 Å². The van der Waals surface area contributed by atoms with Crippen LogP contribution in [0.4, 0.5) is 0 Å². The van der Waals surface area contributed by atoms with Gasteiger partial charge >= 0.3 is 0 Å². The minimum absolute atomic E-state index is 0.0946. The van der Waals surface area contributed by atoms with Gasteiger partial charge in [-0.25, -0.2) is 0 Å². The van der Waals surface area contributed by atoms with Crippen LogP contribution in [0.25, 0.3) is 0 Å². The van der Waals surface area contributed by atoms with E-state index >= 15 is 0 Å². The molecule has 0 aliphatic heterocycles. The van der Waals surface area contributed by atoms with Crippen LogP contribution >= 0.6 is 0 Å². The van der Waals surface area contributed by atoms with Gasteiger partial charge in [-0.1, -0.05) is 51.1 Å². The number of carbonyl (C=O) groups is 1. The molecule has 3 heteroatoms. The van der Waals surface area contributed by atoms with Crippen LogP contribution in [-0.2, 0) is 15.1 Å². The van der Waals surface area contributed by atoms with E-state index in [1.54, 1.807) is 7.11 Å². The fraction of sp³-hybridized carbons (Fsp3) is 0.588. The van der Waals surface area contributed by atoms with Crippen LogP contribution < -0.4 is 5.32 Å². The Kier molecular flexibility index (Phi) is 6.73. The van der Waals surface area contributed by atoms with E-state index < -0.39 is 5.60 Å². The molecular weight excluding hydrogens is 250 g/mol. The molecular formula is C17H27NO2. The molecule has 0 saturated heterocycles. The van der Waals surface area contributed by atoms with Crippen LogP contribution in [0.1, 0.15) is 45.6 Å². The normalized spacial score (nSPS) is 14.1. The lowest BCUT2D eigenvalue weighted by Gasteiger charge is -2.32. The molecule has 1 rings (SSSR count). The highest BCUT2D eigenvalue weighted by Gasteiger charge is 2.31. The highest BCUT2D eigenvalue weighted by molar-refractivity contribution is 5.78. The molecule has 0 aliphatic carbocycles. The smallest absolute Gasteiger partial charge is 0.223 e. The topological polar surface area (TPSA) is 38.3 Å². The molecule has 112 valence electrons. The maximum Gasteiger partial charge on any atom is 0.223 e. The van der Waals surface area contributed by atoms with Crippen LogP contribution in [-0.4, -0.2) is 19.6 Å². The molecule has 0 fully saturated rings. The van der Waals surface area contributed by atoms with E-state index in [1.165, 1.54) is 0 Å². The predicted molar refractivity (Wildman–Crippen MR) is 82.5 cm³/mol. The first-order valence-corrected chi connectivity index (χ1v) is 7.51. The molecule has 1 N–H and O–H groups in total. The number of methoxy groups -OCH3 is 1. The third-order valence-electron chi connectivity index (χ3n) is 4.17. The van der Waals surface area contributed by atoms with Gasteiger partial charge in [-0.05, 0) is 24.8 Å². The number of rotatable bonds is 8. The van der Waals surface area contributed by atoms with Crippen LogP contribution in [0.15, 0.2) is 30.3 Å². The minimum Gasteiger partial charge on any atom is -0.372 e. The summed E-state index contributed by atoms with van der Waals surface area (Å²) in [7, 11) is 1.71. The third-order valence-corrected chi connectivity index (χ3v) is 4.17. The maximum atomic E-state index is 12.1. The molecule has 1 amide bonds. The number of nitrogens with one attached hydrogen (secondary N) is 1. The van der Waals surface area contributed by atoms with Gasteiger partial charge in [-0.2, -0.15) is 0 Å². The molecule has 0 bridgehead atoms. The summed E-state index contributed by atoms with van der Waals surface area (Å²) in [5.74, 6) is 0.220. The Morgan fingerprint density at radius 3 is 2.25 bits per heavy atom. The zero-order valence-electron chi connectivity index (χ0n) is 13.1. The predicted octanol–water partition coefficient (Wildman–Crippen LogP) is 3.49. The van der Waals surface area contributed by atoms with E-state index in [-0.39, 0.29) is 11.8 Å². The number of carbonyl (C=O) groups excluding carboxylic acids is 1. The van der Waals surface area contributed by atoms with Gasteiger partial charge in [0.25, 0.3) is 0 Å². The van der Waals surface area contributed by atoms with Crippen LogP contribution in [0, 0.1) is 5.92 Å². The second-order valence-electron chi connectivity index (χ2n) is 5.15. The van der Waals surface area contributed by atoms with Gasteiger partial charge in [0.05, 0.1) is 6.54 Å². The first kappa shape index (κ1) is 16.7. The second-order valence-corrected chi connectivity index (χ2v) is 5.15. The summed E-state index contributed by atoms with van der Waals surface area (Å²) in [5.41, 5.74) is 0.665. The SMILES string of the molecule is CCC(CC)C(=O)NCC(CC)(OC)c1ccccc1. The van der Waals surface area contributed by atoms with E-state index in [0.29, 0.717) is 6.54 Å². The number of hydrogen-bond acceptors (Lipinski definition) is 2. The van der Waals surface area contributed by atoms with Gasteiger partial charge in [0.2, 0.25) is 5.91 Å². The minimum atomic E-state index is -0.442. The largest absolute Gasteiger partial charge is 0.372 e. The first-order valence-electron chi connectivity index (χ1n) is 7.51. The molecule has 0 heterocycles. The summed E-state index contributed by atoms with van der Waals surface area (Å²) in [4.78, 5) is 12.1. The van der Waals surface area contributed by atoms with Crippen molar-refractivity contribution in [3.05, 3.63) is 35.9 Å². The van der Waals surface area contributed by atoms with Crippen LogP contribution in [0.3, 0.4) is 0 Å². The fourth-order valence-electron chi connectivity index (χ4n) is 2.54. The summed E-state index contributed by atoms with van der Waals surface area (Å²) in [6.07, 6.45) is 2.57. The summed E-state index contributed by atoms with van der Waals surface area (Å²) in [6.45, 7) is 6.70. The van der Waals surface area contributed by atoms with Crippen molar-refractivity contribution in [3.63, 3.8) is 0 Å². The highest BCUT2D eigenvalue weighted by Crippen LogP contribution is 2.28. The van der Waals surface area contributed by atoms with Crippen molar-refractivity contribution in [3.8, 4) is 0 Å². The average Bonchev–Trinajstić information content (AvgIpc) is 2.51. The number of hydrogen-bond donors (Lipinski definition) is 1. The molecule has 3 nitrogen and oxygen atoms in total. The fourth-order valence-corrected chi connectivity index (χ4v) is 2.54. The lowest BCUT2D eigenvalue weighted by Crippen LogP contribution is -2.43. The average molecular weight is 277 g/mol. The van der Waals surface area contributed by atoms with Gasteiger partial charge in [0, 0.05) is 13.0 Å². The monoisotopic (exact) mass is 277 g/mol. The van der Waals surface area contributed by atoms with Crippen LogP contribution in [0.5, 0.6) is 0 Å². The van der Waals surface area contributed by atoms with Crippen molar-refractivity contribution in [2.75, 3.05) is 13.7 Å². The summed E-state index contributed by atoms with van der Waals surface area (Å²) < 4.78 is 5.76. The van der Waals surface area contributed by atoms with Gasteiger partial charge in [-0.3, -0.25) is 4.79 Å². The molecule has 0 spiro atoms. The Morgan fingerprint density at radius 2 is 1.80 bits per heavy atom. The van der Waals surface area contributed by atoms with E-state index in [9.17, 15) is 4.79 Å². The van der Waals surface area contributed by atoms with Crippen molar-refractivity contribution in [1.82, 2.24) is 5.32 Å². The van der Waals surface area contributed by atoms with Crippen molar-refractivity contribution in [2.24, 2.45) is 5.92 Å². The summed E-state index contributed by atoms with van der Waals surface area (Å²) in [6, 6.07) is 10.1. The standard InChI is InChI=1S/C17H27NO2/c1-5-14(6-2)16(19)18-13-17(7-3,20-4)15-11-9-8-10-12-15/h8-12,14H,5-7,13H2,1-4H3,(H,18,19). The van der Waals surface area contributed by atoms with Gasteiger partial charge in [0.15, 0.2) is 0 Å². The Balaban J connectivity index is 2.81. The second kappa shape index (κ2) is 8.05. The van der Waals surface area contributed by atoms with Gasteiger partial charge in [-0.15, -0.1) is 0 Å². The Labute approximate surface area is 122 Å². The van der Waals surface area contributed by atoms with Gasteiger partial charge < -0.3 is 10.1 Å². The molecule has 20 heavy (non-hydrogen) atoms. The molecule has 0 saturated carbocycles. The quantitative estimate of drug-likeness (QED) is 0.790. The van der Waals surface area contributed by atoms with Crippen molar-refractivity contribution in [1.29, 1.82) is 0 Å². The zero-order chi connectivity index (χ0) is 15.0. The Morgan fingerprint density at radius 1 is 1.20 bits per heavy atom. The molecule has 0 radical (unpaired) electrons. The molecule has 0 aliphatic rings. The van der Waals surface area contributed by atoms with E-state index in [0.717, 1.165) is 24.8 Å². The van der Waals surface area contributed by atoms with E-state index in [1.807, 2.05) is 32.0 Å². The molecule has 1 aromatic carbocycles. The lowest BCUT2D eigenvalue weighted by atomic mass is 9.90. The Bertz CT molecular complexity index is 395. The molecule has 1 atom stereocenters. The maximum absolute atomic E-state index is 12.1. The van der Waals surface area contributed by atoms with Crippen molar-refractivity contribution >= 4 is 5.91 Å². The van der Waals surface area contributed by atoms with Gasteiger partial charge in [0.1, 0.15) is 5.60 Å². The first-order chi connectivity index (χ1) is 9.63. The lowest BCUT2D eigenvalue weighted by molar-refractivity contribution is -0.127. The van der Waals surface area contributed by atoms with E-state index in [4.69, 9.17) is 4.74 Å². The highest BCUT2D eigenvalue weighted by atomic mass is 16.5. The van der Waals surface area contributed by atoms with Crippen molar-refractivity contribution < 1.29 is 9.53 Å². The molecule has 1 aromatic rings. The molecule has 0 aromatic heterocycles. The summed E-state index contributed by atoms with van der Waals surface area (Å²) in [5, 5.41) is 3.06. The Hall–Kier alpha value is -1.35. The molecule has 1 unspecified atom stereocenters. The number of ether oxygens (including phenoxy) is 1. The summed E-state index contributed by atoms with van der Waals surface area (Å²) >= 11 is 0. The van der Waals surface area contributed by atoms with Crippen molar-refractivity contribution in [2.45, 2.75) is 45.6 Å². The number of amides is 1. The zero-order valence-corrected chi connectivity index (χ0v) is 13.1. The van der Waals surface area contributed by atoms with E-state index in [2.05, 4.69) is 24.4 Å².